The number of halogens is 1. The first-order chi connectivity index (χ1) is 15.3. The maximum absolute atomic E-state index is 12.7. The van der Waals surface area contributed by atoms with Crippen molar-refractivity contribution in [1.29, 1.82) is 0 Å². The molecule has 0 saturated carbocycles. The highest BCUT2D eigenvalue weighted by atomic mass is 35.5. The summed E-state index contributed by atoms with van der Waals surface area (Å²) in [5, 5.41) is 3.00. The Kier molecular flexibility index (Phi) is 6.57. The van der Waals surface area contributed by atoms with E-state index in [0.29, 0.717) is 6.54 Å². The maximum Gasteiger partial charge on any atom is 0.266 e. The van der Waals surface area contributed by atoms with Gasteiger partial charge in [-0.25, -0.2) is 9.13 Å². The van der Waals surface area contributed by atoms with Crippen molar-refractivity contribution in [2.45, 2.75) is 25.9 Å². The number of fused-ring (bicyclic) bond motifs is 1. The topological polar surface area (TPSA) is 47.1 Å². The van der Waals surface area contributed by atoms with Gasteiger partial charge >= 0.3 is 0 Å². The second-order valence-electron chi connectivity index (χ2n) is 7.67. The molecule has 0 unspecified atom stereocenters. The number of nitrogens with zero attached hydrogens (tertiary/aromatic N) is 2. The first kappa shape index (κ1) is 21.7. The Bertz CT molecular complexity index is 1190. The molecular weight excluding hydrogens is 422 g/mol. The summed E-state index contributed by atoms with van der Waals surface area (Å²) in [5.41, 5.74) is 3.10. The fourth-order valence-electron chi connectivity index (χ4n) is 4.07. The predicted molar refractivity (Wildman–Crippen MR) is 120 cm³/mol. The summed E-state index contributed by atoms with van der Waals surface area (Å²) in [6.07, 6.45) is 4.20. The molecule has 0 saturated heterocycles. The maximum atomic E-state index is 12.7. The standard InChI is InChI=1S/C26H23N3O2.ClH/c30-25(27-21-13-15-23(16-14-21)31-22-10-5-2-6-11-22)19-28-18-24(20-8-3-1-4-9-20)29-17-7-12-26(28)29;/h1-6,8-11,13-16,18H,7,12,17,19H2;1H. The second kappa shape index (κ2) is 9.71. The Morgan fingerprint density at radius 1 is 0.906 bits per heavy atom. The van der Waals surface area contributed by atoms with Crippen LogP contribution in [0.5, 0.6) is 11.5 Å². The molecule has 5 nitrogen and oxygen atoms in total. The van der Waals surface area contributed by atoms with E-state index in [4.69, 9.17) is 4.74 Å². The van der Waals surface area contributed by atoms with Gasteiger partial charge in [0.25, 0.3) is 11.7 Å². The molecule has 1 amide bonds. The number of amides is 1. The zero-order valence-corrected chi connectivity index (χ0v) is 18.3. The Balaban J connectivity index is 0.00000245. The van der Waals surface area contributed by atoms with Crippen molar-refractivity contribution in [2.75, 3.05) is 5.32 Å². The summed E-state index contributed by atoms with van der Waals surface area (Å²) in [4.78, 5) is 12.7. The third-order valence-corrected chi connectivity index (χ3v) is 5.49. The van der Waals surface area contributed by atoms with E-state index in [2.05, 4.69) is 32.8 Å². The third kappa shape index (κ3) is 4.68. The molecule has 0 bridgehead atoms. The predicted octanol–water partition coefficient (Wildman–Crippen LogP) is 1.82. The van der Waals surface area contributed by atoms with Gasteiger partial charge in [0.15, 0.2) is 12.2 Å². The van der Waals surface area contributed by atoms with Crippen LogP contribution in [-0.2, 0) is 24.3 Å². The van der Waals surface area contributed by atoms with E-state index in [1.807, 2.05) is 72.8 Å². The van der Waals surface area contributed by atoms with Crippen LogP contribution in [0.3, 0.4) is 0 Å². The number of aromatic nitrogens is 2. The molecule has 0 fully saturated rings. The lowest BCUT2D eigenvalue weighted by Crippen LogP contribution is -3.00. The summed E-state index contributed by atoms with van der Waals surface area (Å²) in [7, 11) is 0. The van der Waals surface area contributed by atoms with Crippen molar-refractivity contribution >= 4 is 11.6 Å². The van der Waals surface area contributed by atoms with Crippen LogP contribution in [0.1, 0.15) is 12.2 Å². The van der Waals surface area contributed by atoms with Gasteiger partial charge in [-0.05, 0) is 42.8 Å². The van der Waals surface area contributed by atoms with Crippen molar-refractivity contribution in [1.82, 2.24) is 4.57 Å². The van der Waals surface area contributed by atoms with E-state index < -0.39 is 0 Å². The lowest BCUT2D eigenvalue weighted by molar-refractivity contribution is -0.690. The van der Waals surface area contributed by atoms with Crippen LogP contribution in [0.15, 0.2) is 91.1 Å². The van der Waals surface area contributed by atoms with Crippen molar-refractivity contribution in [3.63, 3.8) is 0 Å². The lowest BCUT2D eigenvalue weighted by Gasteiger charge is -2.07. The van der Waals surface area contributed by atoms with Crippen LogP contribution >= 0.6 is 0 Å². The van der Waals surface area contributed by atoms with Gasteiger partial charge in [-0.15, -0.1) is 0 Å². The Morgan fingerprint density at radius 2 is 1.56 bits per heavy atom. The summed E-state index contributed by atoms with van der Waals surface area (Å²) < 4.78 is 10.2. The average Bonchev–Trinajstić information content (AvgIpc) is 3.40. The molecule has 1 aliphatic heterocycles. The number of carbonyl (C=O) groups excluding carboxylic acids is 1. The molecule has 0 aliphatic carbocycles. The monoisotopic (exact) mass is 445 g/mol. The highest BCUT2D eigenvalue weighted by Gasteiger charge is 2.29. The highest BCUT2D eigenvalue weighted by molar-refractivity contribution is 5.89. The van der Waals surface area contributed by atoms with Crippen molar-refractivity contribution in [3.05, 3.63) is 97.0 Å². The average molecular weight is 446 g/mol. The van der Waals surface area contributed by atoms with Crippen LogP contribution in [0.2, 0.25) is 0 Å². The SMILES string of the molecule is O=C(C[n+]1cc(-c2ccccc2)n2c1CCC2)Nc1ccc(Oc2ccccc2)cc1.[Cl-]. The fourth-order valence-corrected chi connectivity index (χ4v) is 4.07. The molecule has 6 heteroatoms. The fraction of sp³-hybridized carbons (Fsp3) is 0.154. The largest absolute Gasteiger partial charge is 1.00 e. The molecular formula is C26H24ClN3O2. The first-order valence-corrected chi connectivity index (χ1v) is 10.6. The van der Waals surface area contributed by atoms with Crippen LogP contribution in [0, 0.1) is 0 Å². The Labute approximate surface area is 193 Å². The number of nitrogens with one attached hydrogen (secondary N) is 1. The molecule has 1 aromatic heterocycles. The molecule has 32 heavy (non-hydrogen) atoms. The molecule has 0 spiro atoms. The number of hydrogen-bond donors (Lipinski definition) is 1. The van der Waals surface area contributed by atoms with E-state index in [-0.39, 0.29) is 18.3 Å². The smallest absolute Gasteiger partial charge is 0.266 e. The van der Waals surface area contributed by atoms with Crippen molar-refractivity contribution < 1.29 is 26.5 Å². The summed E-state index contributed by atoms with van der Waals surface area (Å²) in [5.74, 6) is 2.69. The van der Waals surface area contributed by atoms with E-state index in [9.17, 15) is 4.79 Å². The number of hydrogen-bond acceptors (Lipinski definition) is 2. The van der Waals surface area contributed by atoms with E-state index in [0.717, 1.165) is 36.6 Å². The van der Waals surface area contributed by atoms with E-state index >= 15 is 0 Å². The van der Waals surface area contributed by atoms with Gasteiger partial charge in [-0.1, -0.05) is 48.5 Å². The number of ether oxygens (including phenoxy) is 1. The number of anilines is 1. The van der Waals surface area contributed by atoms with E-state index in [1.54, 1.807) is 0 Å². The Morgan fingerprint density at radius 3 is 2.28 bits per heavy atom. The number of para-hydroxylation sites is 1. The summed E-state index contributed by atoms with van der Waals surface area (Å²) in [6.45, 7) is 1.29. The van der Waals surface area contributed by atoms with Gasteiger partial charge in [-0.2, -0.15) is 0 Å². The normalized spacial score (nSPS) is 12.0. The minimum atomic E-state index is -0.0401. The van der Waals surface area contributed by atoms with Gasteiger partial charge in [0.2, 0.25) is 0 Å². The lowest BCUT2D eigenvalue weighted by atomic mass is 10.2. The van der Waals surface area contributed by atoms with Crippen LogP contribution < -0.4 is 27.0 Å². The first-order valence-electron chi connectivity index (χ1n) is 10.6. The van der Waals surface area contributed by atoms with Gasteiger partial charge < -0.3 is 22.5 Å². The number of rotatable bonds is 6. The van der Waals surface area contributed by atoms with Crippen LogP contribution in [0.4, 0.5) is 5.69 Å². The van der Waals surface area contributed by atoms with Gasteiger partial charge in [0.05, 0.1) is 13.0 Å². The molecule has 5 rings (SSSR count). The number of imidazole rings is 1. The zero-order chi connectivity index (χ0) is 21.0. The molecule has 4 aromatic rings. The quantitative estimate of drug-likeness (QED) is 0.460. The van der Waals surface area contributed by atoms with Crippen molar-refractivity contribution in [3.8, 4) is 22.8 Å². The summed E-state index contributed by atoms with van der Waals surface area (Å²) >= 11 is 0. The molecule has 1 aliphatic rings. The Hall–Kier alpha value is -3.57. The highest BCUT2D eigenvalue weighted by Crippen LogP contribution is 2.25. The van der Waals surface area contributed by atoms with E-state index in [1.165, 1.54) is 17.1 Å². The minimum Gasteiger partial charge on any atom is -1.00 e. The third-order valence-electron chi connectivity index (χ3n) is 5.49. The second-order valence-corrected chi connectivity index (χ2v) is 7.67. The number of carbonyl (C=O) groups is 1. The molecule has 2 heterocycles. The molecule has 0 radical (unpaired) electrons. The van der Waals surface area contributed by atoms with Crippen LogP contribution in [-0.4, -0.2) is 10.5 Å². The minimum absolute atomic E-state index is 0. The number of benzene rings is 3. The van der Waals surface area contributed by atoms with Crippen LogP contribution in [0.25, 0.3) is 11.3 Å². The molecule has 1 N–H and O–H groups in total. The zero-order valence-electron chi connectivity index (χ0n) is 17.6. The molecule has 162 valence electrons. The molecule has 3 aromatic carbocycles. The van der Waals surface area contributed by atoms with Gasteiger partial charge in [0, 0.05) is 11.3 Å². The van der Waals surface area contributed by atoms with Gasteiger partial charge in [-0.3, -0.25) is 4.79 Å². The van der Waals surface area contributed by atoms with Gasteiger partial charge in [0.1, 0.15) is 17.7 Å². The summed E-state index contributed by atoms with van der Waals surface area (Å²) in [6, 6.07) is 27.4. The molecule has 0 atom stereocenters. The van der Waals surface area contributed by atoms with Crippen molar-refractivity contribution in [2.24, 2.45) is 0 Å².